The van der Waals surface area contributed by atoms with Crippen LogP contribution >= 0.6 is 0 Å². The normalized spacial score (nSPS) is 21.6. The maximum Gasteiger partial charge on any atom is 0.222 e. The van der Waals surface area contributed by atoms with E-state index in [2.05, 4.69) is 18.6 Å². The Labute approximate surface area is 128 Å². The minimum Gasteiger partial charge on any atom is -0.341 e. The van der Waals surface area contributed by atoms with Gasteiger partial charge in [-0.05, 0) is 37.6 Å². The first-order chi connectivity index (χ1) is 9.71. The van der Waals surface area contributed by atoms with Crippen LogP contribution in [0.2, 0.25) is 0 Å². The first kappa shape index (κ1) is 18.4. The van der Waals surface area contributed by atoms with Gasteiger partial charge in [0, 0.05) is 25.6 Å². The SMILES string of the molecule is CC(C)C[C@H](CN)CC(=O)N1CCCC(NS(C)(=O)=O)C1. The number of carbonyl (C=O) groups excluding carboxylic acids is 1. The van der Waals surface area contributed by atoms with Crippen LogP contribution in [0.15, 0.2) is 0 Å². The molecule has 1 saturated heterocycles. The Balaban J connectivity index is 2.53. The summed E-state index contributed by atoms with van der Waals surface area (Å²) in [6, 6.07) is -0.167. The second-order valence-corrected chi connectivity index (χ2v) is 8.28. The Hall–Kier alpha value is -0.660. The molecule has 0 aliphatic carbocycles. The molecule has 0 radical (unpaired) electrons. The van der Waals surface area contributed by atoms with E-state index in [1.165, 1.54) is 0 Å². The number of amides is 1. The quantitative estimate of drug-likeness (QED) is 0.716. The van der Waals surface area contributed by atoms with Crippen molar-refractivity contribution in [2.75, 3.05) is 25.9 Å². The average Bonchev–Trinajstić information content (AvgIpc) is 2.35. The number of nitrogens with zero attached hydrogens (tertiary/aromatic N) is 1. The molecule has 0 saturated carbocycles. The summed E-state index contributed by atoms with van der Waals surface area (Å²) in [6.45, 7) is 5.94. The van der Waals surface area contributed by atoms with Gasteiger partial charge >= 0.3 is 0 Å². The van der Waals surface area contributed by atoms with Crippen LogP contribution in [0.4, 0.5) is 0 Å². The highest BCUT2D eigenvalue weighted by atomic mass is 32.2. The number of piperidine rings is 1. The van der Waals surface area contributed by atoms with Crippen LogP contribution in [0.3, 0.4) is 0 Å². The number of hydrogen-bond acceptors (Lipinski definition) is 4. The third-order valence-electron chi connectivity index (χ3n) is 3.76. The standard InChI is InChI=1S/C14H29N3O3S/c1-11(2)7-12(9-15)8-14(18)17-6-4-5-13(10-17)16-21(3,19)20/h11-13,16H,4-10,15H2,1-3H3/t12-,13?/m0/s1. The molecule has 7 heteroatoms. The fourth-order valence-corrected chi connectivity index (χ4v) is 3.71. The van der Waals surface area contributed by atoms with Crippen LogP contribution in [0, 0.1) is 11.8 Å². The maximum atomic E-state index is 12.4. The van der Waals surface area contributed by atoms with E-state index in [4.69, 9.17) is 5.73 Å². The number of rotatable bonds is 7. The summed E-state index contributed by atoms with van der Waals surface area (Å²) in [4.78, 5) is 14.1. The van der Waals surface area contributed by atoms with E-state index in [-0.39, 0.29) is 17.9 Å². The highest BCUT2D eigenvalue weighted by molar-refractivity contribution is 7.88. The van der Waals surface area contributed by atoms with Gasteiger partial charge in [-0.3, -0.25) is 4.79 Å². The molecule has 0 aromatic rings. The minimum atomic E-state index is -3.22. The van der Waals surface area contributed by atoms with Gasteiger partial charge in [0.15, 0.2) is 0 Å². The van der Waals surface area contributed by atoms with Crippen molar-refractivity contribution in [2.45, 2.75) is 45.6 Å². The van der Waals surface area contributed by atoms with Crippen molar-refractivity contribution < 1.29 is 13.2 Å². The Morgan fingerprint density at radius 1 is 1.43 bits per heavy atom. The lowest BCUT2D eigenvalue weighted by molar-refractivity contribution is -0.133. The smallest absolute Gasteiger partial charge is 0.222 e. The molecular formula is C14H29N3O3S. The molecule has 0 spiro atoms. The number of nitrogens with two attached hydrogens (primary N) is 1. The molecule has 1 aliphatic heterocycles. The molecule has 1 fully saturated rings. The lowest BCUT2D eigenvalue weighted by Gasteiger charge is -2.33. The van der Waals surface area contributed by atoms with Gasteiger partial charge < -0.3 is 10.6 Å². The minimum absolute atomic E-state index is 0.0890. The monoisotopic (exact) mass is 319 g/mol. The van der Waals surface area contributed by atoms with E-state index < -0.39 is 10.0 Å². The van der Waals surface area contributed by atoms with Crippen molar-refractivity contribution >= 4 is 15.9 Å². The van der Waals surface area contributed by atoms with Crippen molar-refractivity contribution in [1.29, 1.82) is 0 Å². The fraction of sp³-hybridized carbons (Fsp3) is 0.929. The topological polar surface area (TPSA) is 92.5 Å². The Morgan fingerprint density at radius 3 is 2.62 bits per heavy atom. The lowest BCUT2D eigenvalue weighted by atomic mass is 9.93. The zero-order valence-corrected chi connectivity index (χ0v) is 14.2. The van der Waals surface area contributed by atoms with Gasteiger partial charge in [0.25, 0.3) is 0 Å². The third kappa shape index (κ3) is 7.24. The summed E-state index contributed by atoms with van der Waals surface area (Å²) in [7, 11) is -3.22. The van der Waals surface area contributed by atoms with Crippen LogP contribution in [0.5, 0.6) is 0 Å². The van der Waals surface area contributed by atoms with E-state index in [1.54, 1.807) is 4.90 Å². The van der Waals surface area contributed by atoms with E-state index >= 15 is 0 Å². The number of hydrogen-bond donors (Lipinski definition) is 2. The average molecular weight is 319 g/mol. The molecule has 3 N–H and O–H groups in total. The zero-order valence-electron chi connectivity index (χ0n) is 13.3. The van der Waals surface area contributed by atoms with E-state index in [1.807, 2.05) is 0 Å². The van der Waals surface area contributed by atoms with Gasteiger partial charge in [0.1, 0.15) is 0 Å². The molecule has 6 nitrogen and oxygen atoms in total. The number of nitrogens with one attached hydrogen (secondary N) is 1. The van der Waals surface area contributed by atoms with Crippen LogP contribution in [0.25, 0.3) is 0 Å². The predicted octanol–water partition coefficient (Wildman–Crippen LogP) is 0.538. The maximum absolute atomic E-state index is 12.4. The second kappa shape index (κ2) is 8.10. The zero-order chi connectivity index (χ0) is 16.0. The highest BCUT2D eigenvalue weighted by Crippen LogP contribution is 2.18. The predicted molar refractivity (Wildman–Crippen MR) is 84.2 cm³/mol. The third-order valence-corrected chi connectivity index (χ3v) is 4.52. The summed E-state index contributed by atoms with van der Waals surface area (Å²) in [5, 5.41) is 0. The molecule has 1 aliphatic rings. The van der Waals surface area contributed by atoms with Gasteiger partial charge in [-0.1, -0.05) is 13.8 Å². The van der Waals surface area contributed by atoms with Gasteiger partial charge in [0.2, 0.25) is 15.9 Å². The molecule has 1 unspecified atom stereocenters. The molecule has 0 aromatic carbocycles. The van der Waals surface area contributed by atoms with Gasteiger partial charge in [-0.25, -0.2) is 13.1 Å². The highest BCUT2D eigenvalue weighted by Gasteiger charge is 2.26. The molecule has 21 heavy (non-hydrogen) atoms. The van der Waals surface area contributed by atoms with Crippen LogP contribution in [0.1, 0.15) is 39.5 Å². The Morgan fingerprint density at radius 2 is 2.10 bits per heavy atom. The van der Waals surface area contributed by atoms with Crippen molar-refractivity contribution in [3.63, 3.8) is 0 Å². The van der Waals surface area contributed by atoms with Crippen LogP contribution in [-0.2, 0) is 14.8 Å². The summed E-state index contributed by atoms with van der Waals surface area (Å²) < 4.78 is 25.2. The number of sulfonamides is 1. The van der Waals surface area contributed by atoms with Gasteiger partial charge in [0.05, 0.1) is 6.26 Å². The van der Waals surface area contributed by atoms with Crippen molar-refractivity contribution in [1.82, 2.24) is 9.62 Å². The molecule has 2 atom stereocenters. The lowest BCUT2D eigenvalue weighted by Crippen LogP contribution is -2.49. The van der Waals surface area contributed by atoms with Crippen molar-refractivity contribution in [2.24, 2.45) is 17.6 Å². The molecule has 0 aromatic heterocycles. The largest absolute Gasteiger partial charge is 0.341 e. The first-order valence-electron chi connectivity index (χ1n) is 7.66. The second-order valence-electron chi connectivity index (χ2n) is 6.50. The molecule has 0 bridgehead atoms. The van der Waals surface area contributed by atoms with E-state index in [0.29, 0.717) is 32.0 Å². The van der Waals surface area contributed by atoms with Gasteiger partial charge in [-0.15, -0.1) is 0 Å². The summed E-state index contributed by atoms with van der Waals surface area (Å²) in [5.41, 5.74) is 5.75. The molecule has 1 amide bonds. The molecule has 1 heterocycles. The van der Waals surface area contributed by atoms with E-state index in [9.17, 15) is 13.2 Å². The van der Waals surface area contributed by atoms with Gasteiger partial charge in [-0.2, -0.15) is 0 Å². The number of carbonyl (C=O) groups is 1. The van der Waals surface area contributed by atoms with Crippen molar-refractivity contribution in [3.8, 4) is 0 Å². The van der Waals surface area contributed by atoms with Crippen molar-refractivity contribution in [3.05, 3.63) is 0 Å². The molecule has 1 rings (SSSR count). The van der Waals surface area contributed by atoms with Crippen LogP contribution in [-0.4, -0.2) is 51.2 Å². The first-order valence-corrected chi connectivity index (χ1v) is 9.55. The fourth-order valence-electron chi connectivity index (χ4n) is 2.91. The van der Waals surface area contributed by atoms with E-state index in [0.717, 1.165) is 25.5 Å². The number of likely N-dealkylation sites (tertiary alicyclic amines) is 1. The van der Waals surface area contributed by atoms with Crippen LogP contribution < -0.4 is 10.5 Å². The molecular weight excluding hydrogens is 290 g/mol. The Kier molecular flexibility index (Phi) is 7.09. The summed E-state index contributed by atoms with van der Waals surface area (Å²) in [6.07, 6.45) is 4.17. The Bertz CT molecular complexity index is 437. The summed E-state index contributed by atoms with van der Waals surface area (Å²) >= 11 is 0. The summed E-state index contributed by atoms with van der Waals surface area (Å²) in [5.74, 6) is 0.819. The molecule has 124 valence electrons.